The summed E-state index contributed by atoms with van der Waals surface area (Å²) in [4.78, 5) is 24.1. The molecule has 0 bridgehead atoms. The van der Waals surface area contributed by atoms with Crippen molar-refractivity contribution in [3.63, 3.8) is 0 Å². The Hall–Kier alpha value is -1.14. The Balaban J connectivity index is 2.20. The first kappa shape index (κ1) is 12.9. The third-order valence-corrected chi connectivity index (χ3v) is 2.67. The lowest BCUT2D eigenvalue weighted by molar-refractivity contribution is -0.143. The van der Waals surface area contributed by atoms with Gasteiger partial charge in [-0.2, -0.15) is 0 Å². The number of carbonyl (C=O) groups excluding carboxylic acids is 2. The van der Waals surface area contributed by atoms with Crippen LogP contribution in [0.3, 0.4) is 0 Å². The van der Waals surface area contributed by atoms with E-state index in [4.69, 9.17) is 9.47 Å². The fourth-order valence-electron chi connectivity index (χ4n) is 1.49. The molecule has 0 radical (unpaired) electrons. The van der Waals surface area contributed by atoms with Crippen LogP contribution in [0.1, 0.15) is 6.92 Å². The van der Waals surface area contributed by atoms with Crippen LogP contribution in [0.25, 0.3) is 0 Å². The molecule has 6 nitrogen and oxygen atoms in total. The van der Waals surface area contributed by atoms with Crippen molar-refractivity contribution < 1.29 is 19.1 Å². The molecular formula is C10H18N2O4. The van der Waals surface area contributed by atoms with Crippen molar-refractivity contribution in [1.29, 1.82) is 0 Å². The molecule has 0 spiro atoms. The van der Waals surface area contributed by atoms with Crippen LogP contribution in [0.2, 0.25) is 0 Å². The molecule has 92 valence electrons. The Bertz CT molecular complexity index is 260. The molecule has 0 aromatic rings. The van der Waals surface area contributed by atoms with Gasteiger partial charge in [-0.15, -0.1) is 0 Å². The van der Waals surface area contributed by atoms with Gasteiger partial charge in [0.25, 0.3) is 0 Å². The summed E-state index contributed by atoms with van der Waals surface area (Å²) in [7, 11) is 3.03. The van der Waals surface area contributed by atoms with Crippen LogP contribution in [0.4, 0.5) is 0 Å². The minimum atomic E-state index is -0.423. The Morgan fingerprint density at radius 3 is 2.38 bits per heavy atom. The summed E-state index contributed by atoms with van der Waals surface area (Å²) in [5.74, 6) is -0.148. The molecule has 1 aliphatic rings. The summed E-state index contributed by atoms with van der Waals surface area (Å²) in [6, 6.07) is 0. The monoisotopic (exact) mass is 230 g/mol. The van der Waals surface area contributed by atoms with Crippen LogP contribution in [0.5, 0.6) is 0 Å². The normalized spacial score (nSPS) is 16.1. The van der Waals surface area contributed by atoms with Crippen LogP contribution in [-0.2, 0) is 19.1 Å². The van der Waals surface area contributed by atoms with Crippen molar-refractivity contribution in [3.05, 3.63) is 0 Å². The number of hydrogen-bond donors (Lipinski definition) is 1. The summed E-state index contributed by atoms with van der Waals surface area (Å²) < 4.78 is 9.88. The van der Waals surface area contributed by atoms with E-state index in [2.05, 4.69) is 5.32 Å². The largest absolute Gasteiger partial charge is 0.354 e. The van der Waals surface area contributed by atoms with Crippen LogP contribution in [-0.4, -0.2) is 56.9 Å². The first-order valence-corrected chi connectivity index (χ1v) is 5.17. The summed E-state index contributed by atoms with van der Waals surface area (Å²) in [5.41, 5.74) is 0. The van der Waals surface area contributed by atoms with Gasteiger partial charge < -0.3 is 19.7 Å². The zero-order valence-corrected chi connectivity index (χ0v) is 9.86. The molecule has 1 rings (SSSR count). The third kappa shape index (κ3) is 3.18. The Morgan fingerprint density at radius 2 is 1.94 bits per heavy atom. The molecule has 0 saturated carbocycles. The van der Waals surface area contributed by atoms with Gasteiger partial charge in [0.2, 0.25) is 11.8 Å². The highest BCUT2D eigenvalue weighted by Crippen LogP contribution is 2.15. The average molecular weight is 230 g/mol. The van der Waals surface area contributed by atoms with Gasteiger partial charge in [-0.1, -0.05) is 0 Å². The molecule has 1 heterocycles. The van der Waals surface area contributed by atoms with E-state index < -0.39 is 6.29 Å². The number of rotatable bonds is 5. The number of likely N-dealkylation sites (tertiary alicyclic amines) is 1. The van der Waals surface area contributed by atoms with E-state index in [1.165, 1.54) is 21.1 Å². The number of nitrogens with zero attached hydrogens (tertiary/aromatic N) is 1. The Labute approximate surface area is 94.9 Å². The number of ether oxygens (including phenoxy) is 2. The maximum absolute atomic E-state index is 11.6. The van der Waals surface area contributed by atoms with Gasteiger partial charge in [0.15, 0.2) is 6.29 Å². The molecule has 0 aliphatic carbocycles. The minimum absolute atomic E-state index is 0.00992. The van der Waals surface area contributed by atoms with Gasteiger partial charge in [0.1, 0.15) is 0 Å². The Morgan fingerprint density at radius 1 is 1.38 bits per heavy atom. The van der Waals surface area contributed by atoms with Crippen molar-refractivity contribution in [1.82, 2.24) is 10.2 Å². The van der Waals surface area contributed by atoms with Gasteiger partial charge in [0, 0.05) is 34.2 Å². The molecular weight excluding hydrogens is 212 g/mol. The number of hydrogen-bond acceptors (Lipinski definition) is 4. The molecule has 16 heavy (non-hydrogen) atoms. The second-order valence-electron chi connectivity index (χ2n) is 3.77. The summed E-state index contributed by atoms with van der Waals surface area (Å²) in [5, 5.41) is 2.72. The zero-order valence-electron chi connectivity index (χ0n) is 9.86. The van der Waals surface area contributed by atoms with Gasteiger partial charge >= 0.3 is 0 Å². The topological polar surface area (TPSA) is 67.9 Å². The van der Waals surface area contributed by atoms with E-state index in [0.29, 0.717) is 19.6 Å². The van der Waals surface area contributed by atoms with Crippen LogP contribution in [0.15, 0.2) is 0 Å². The molecule has 0 aromatic heterocycles. The van der Waals surface area contributed by atoms with E-state index in [-0.39, 0.29) is 17.7 Å². The third-order valence-electron chi connectivity index (χ3n) is 2.67. The molecule has 2 amide bonds. The fraction of sp³-hybridized carbons (Fsp3) is 0.800. The molecule has 1 aliphatic heterocycles. The standard InChI is InChI=1S/C10H18N2O4/c1-7(13)12-5-8(6-12)10(14)11-4-9(15-2)16-3/h8-9H,4-6H2,1-3H3,(H,11,14). The fourth-order valence-corrected chi connectivity index (χ4v) is 1.49. The first-order chi connectivity index (χ1) is 7.58. The summed E-state index contributed by atoms with van der Waals surface area (Å²) >= 11 is 0. The lowest BCUT2D eigenvalue weighted by Gasteiger charge is -2.37. The predicted octanol–water partition coefficient (Wildman–Crippen LogP) is -0.800. The van der Waals surface area contributed by atoms with Crippen molar-refractivity contribution in [2.45, 2.75) is 13.2 Å². The summed E-state index contributed by atoms with van der Waals surface area (Å²) in [6.45, 7) is 2.83. The quantitative estimate of drug-likeness (QED) is 0.628. The first-order valence-electron chi connectivity index (χ1n) is 5.17. The minimum Gasteiger partial charge on any atom is -0.354 e. The summed E-state index contributed by atoms with van der Waals surface area (Å²) in [6.07, 6.45) is -0.423. The van der Waals surface area contributed by atoms with Gasteiger partial charge in [0.05, 0.1) is 12.5 Å². The predicted molar refractivity (Wildman–Crippen MR) is 56.6 cm³/mol. The van der Waals surface area contributed by atoms with E-state index in [9.17, 15) is 9.59 Å². The highest BCUT2D eigenvalue weighted by Gasteiger charge is 2.34. The van der Waals surface area contributed by atoms with E-state index in [0.717, 1.165) is 0 Å². The molecule has 1 N–H and O–H groups in total. The smallest absolute Gasteiger partial charge is 0.226 e. The van der Waals surface area contributed by atoms with Crippen molar-refractivity contribution >= 4 is 11.8 Å². The van der Waals surface area contributed by atoms with Crippen LogP contribution < -0.4 is 5.32 Å². The molecule has 1 fully saturated rings. The highest BCUT2D eigenvalue weighted by atomic mass is 16.7. The van der Waals surface area contributed by atoms with E-state index in [1.807, 2.05) is 0 Å². The molecule has 6 heteroatoms. The number of amides is 2. The van der Waals surface area contributed by atoms with Gasteiger partial charge in [-0.25, -0.2) is 0 Å². The zero-order chi connectivity index (χ0) is 12.1. The number of carbonyl (C=O) groups is 2. The van der Waals surface area contributed by atoms with Crippen molar-refractivity contribution in [2.75, 3.05) is 33.9 Å². The van der Waals surface area contributed by atoms with E-state index in [1.54, 1.807) is 4.90 Å². The highest BCUT2D eigenvalue weighted by molar-refractivity contribution is 5.83. The Kier molecular flexibility index (Phi) is 4.70. The van der Waals surface area contributed by atoms with Crippen LogP contribution >= 0.6 is 0 Å². The lowest BCUT2D eigenvalue weighted by atomic mass is 9.99. The molecule has 0 unspecified atom stereocenters. The second kappa shape index (κ2) is 5.81. The SMILES string of the molecule is COC(CNC(=O)C1CN(C(C)=O)C1)OC. The second-order valence-corrected chi connectivity index (χ2v) is 3.77. The van der Waals surface area contributed by atoms with Crippen LogP contribution in [0, 0.1) is 5.92 Å². The average Bonchev–Trinajstić information content (AvgIpc) is 2.16. The molecule has 0 atom stereocenters. The van der Waals surface area contributed by atoms with E-state index >= 15 is 0 Å². The van der Waals surface area contributed by atoms with Gasteiger partial charge in [-0.05, 0) is 0 Å². The maximum atomic E-state index is 11.6. The number of methoxy groups -OCH3 is 2. The maximum Gasteiger partial charge on any atom is 0.226 e. The van der Waals surface area contributed by atoms with Crippen molar-refractivity contribution in [2.24, 2.45) is 5.92 Å². The molecule has 1 saturated heterocycles. The van der Waals surface area contributed by atoms with Crippen molar-refractivity contribution in [3.8, 4) is 0 Å². The number of nitrogens with one attached hydrogen (secondary N) is 1. The lowest BCUT2D eigenvalue weighted by Crippen LogP contribution is -2.55. The molecule has 0 aromatic carbocycles. The van der Waals surface area contributed by atoms with Gasteiger partial charge in [-0.3, -0.25) is 9.59 Å².